The summed E-state index contributed by atoms with van der Waals surface area (Å²) in [4.78, 5) is 0.241. The first-order valence-corrected chi connectivity index (χ1v) is 8.28. The first-order valence-electron chi connectivity index (χ1n) is 6.39. The van der Waals surface area contributed by atoms with Gasteiger partial charge in [-0.15, -0.1) is 0 Å². The molecular weight excluding hydrogens is 308 g/mol. The molecule has 2 aromatic rings. The van der Waals surface area contributed by atoms with Crippen LogP contribution in [-0.2, 0) is 16.4 Å². The third-order valence-electron chi connectivity index (χ3n) is 2.91. The van der Waals surface area contributed by atoms with Gasteiger partial charge in [0.1, 0.15) is 10.8 Å². The predicted octanol–water partition coefficient (Wildman–Crippen LogP) is 1.80. The molecule has 0 radical (unpaired) electrons. The number of hydrogen-bond acceptors (Lipinski definition) is 4. The second kappa shape index (κ2) is 6.23. The summed E-state index contributed by atoms with van der Waals surface area (Å²) in [5.74, 6) is 0.167. The molecule has 4 N–H and O–H groups in total. The number of aromatic nitrogens is 2. The number of rotatable bonds is 6. The average Bonchev–Trinajstić information content (AvgIpc) is 2.87. The van der Waals surface area contributed by atoms with Crippen LogP contribution in [0.4, 0.5) is 5.82 Å². The van der Waals surface area contributed by atoms with Crippen molar-refractivity contribution in [2.45, 2.75) is 24.7 Å². The fraction of sp³-hybridized carbons (Fsp3) is 0.231. The summed E-state index contributed by atoms with van der Waals surface area (Å²) in [6.45, 7) is 2.07. The van der Waals surface area contributed by atoms with Crippen LogP contribution < -0.4 is 10.5 Å². The number of nitrogens with two attached hydrogens (primary N) is 1. The van der Waals surface area contributed by atoms with Crippen molar-refractivity contribution in [1.82, 2.24) is 10.2 Å². The van der Waals surface area contributed by atoms with Gasteiger partial charge in [-0.05, 0) is 24.1 Å². The maximum atomic E-state index is 12.3. The number of hydrogen-bond donors (Lipinski definition) is 3. The summed E-state index contributed by atoms with van der Waals surface area (Å²) in [5, 5.41) is 6.28. The lowest BCUT2D eigenvalue weighted by atomic mass is 10.1. The molecule has 0 atom stereocenters. The lowest BCUT2D eigenvalue weighted by Crippen LogP contribution is -2.17. The van der Waals surface area contributed by atoms with E-state index >= 15 is 0 Å². The number of aryl methyl sites for hydroxylation is 1. The lowest BCUT2D eigenvalue weighted by Gasteiger charge is -2.08. The molecule has 6 nitrogen and oxygen atoms in total. The highest BCUT2D eigenvalue weighted by Crippen LogP contribution is 2.18. The fourth-order valence-electron chi connectivity index (χ4n) is 1.87. The van der Waals surface area contributed by atoms with Crippen molar-refractivity contribution in [3.63, 3.8) is 0 Å². The van der Waals surface area contributed by atoms with Crippen LogP contribution in [0.25, 0.3) is 0 Å². The van der Waals surface area contributed by atoms with Gasteiger partial charge in [-0.1, -0.05) is 37.7 Å². The Morgan fingerprint density at radius 1 is 1.38 bits per heavy atom. The number of thiocarbonyl (C=S) groups is 1. The summed E-state index contributed by atoms with van der Waals surface area (Å²) in [6, 6.07) is 6.76. The highest BCUT2D eigenvalue weighted by molar-refractivity contribution is 7.92. The molecule has 0 saturated carbocycles. The van der Waals surface area contributed by atoms with Gasteiger partial charge in [0.05, 0.1) is 16.7 Å². The van der Waals surface area contributed by atoms with Gasteiger partial charge < -0.3 is 5.73 Å². The van der Waals surface area contributed by atoms with E-state index in [1.165, 1.54) is 6.20 Å². The van der Waals surface area contributed by atoms with Crippen LogP contribution in [0.3, 0.4) is 0 Å². The number of H-pyrrole nitrogens is 1. The van der Waals surface area contributed by atoms with Crippen LogP contribution in [0, 0.1) is 0 Å². The monoisotopic (exact) mass is 324 g/mol. The van der Waals surface area contributed by atoms with Crippen LogP contribution in [0.5, 0.6) is 0 Å². The summed E-state index contributed by atoms with van der Waals surface area (Å²) in [7, 11) is -3.71. The Morgan fingerprint density at radius 2 is 2.05 bits per heavy atom. The minimum Gasteiger partial charge on any atom is -0.389 e. The van der Waals surface area contributed by atoms with Crippen molar-refractivity contribution in [2.75, 3.05) is 4.72 Å². The summed E-state index contributed by atoms with van der Waals surface area (Å²) in [5.41, 5.74) is 6.96. The van der Waals surface area contributed by atoms with Crippen LogP contribution in [0.1, 0.15) is 24.5 Å². The van der Waals surface area contributed by atoms with Gasteiger partial charge in [0, 0.05) is 0 Å². The van der Waals surface area contributed by atoms with E-state index in [2.05, 4.69) is 21.8 Å². The quantitative estimate of drug-likeness (QED) is 0.703. The number of aromatic amines is 1. The molecule has 2 rings (SSSR count). The topological polar surface area (TPSA) is 101 Å². The molecule has 0 amide bonds. The number of benzene rings is 1. The van der Waals surface area contributed by atoms with Crippen molar-refractivity contribution in [3.05, 3.63) is 41.6 Å². The van der Waals surface area contributed by atoms with Crippen molar-refractivity contribution in [3.8, 4) is 0 Å². The Labute approximate surface area is 128 Å². The molecule has 112 valence electrons. The second-order valence-electron chi connectivity index (χ2n) is 4.52. The normalized spacial score (nSPS) is 11.3. The fourth-order valence-corrected chi connectivity index (χ4v) is 3.06. The number of nitrogens with one attached hydrogen (secondary N) is 2. The minimum absolute atomic E-state index is 0.0692. The maximum absolute atomic E-state index is 12.3. The van der Waals surface area contributed by atoms with Gasteiger partial charge in [0.15, 0.2) is 0 Å². The molecule has 1 heterocycles. The van der Waals surface area contributed by atoms with Crippen molar-refractivity contribution < 1.29 is 8.42 Å². The van der Waals surface area contributed by atoms with Crippen LogP contribution in [-0.4, -0.2) is 23.6 Å². The molecule has 0 aliphatic heterocycles. The summed E-state index contributed by atoms with van der Waals surface area (Å²) < 4.78 is 27.0. The largest absolute Gasteiger partial charge is 0.389 e. The highest BCUT2D eigenvalue weighted by atomic mass is 32.2. The Balaban J connectivity index is 2.25. The number of sulfonamides is 1. The first-order chi connectivity index (χ1) is 9.94. The molecule has 8 heteroatoms. The third-order valence-corrected chi connectivity index (χ3v) is 4.50. The van der Waals surface area contributed by atoms with E-state index in [-0.39, 0.29) is 15.7 Å². The highest BCUT2D eigenvalue weighted by Gasteiger charge is 2.18. The number of anilines is 1. The van der Waals surface area contributed by atoms with Crippen LogP contribution in [0.2, 0.25) is 0 Å². The van der Waals surface area contributed by atoms with Gasteiger partial charge in [-0.2, -0.15) is 5.10 Å². The lowest BCUT2D eigenvalue weighted by molar-refractivity contribution is 0.601. The Morgan fingerprint density at radius 3 is 2.62 bits per heavy atom. The van der Waals surface area contributed by atoms with Gasteiger partial charge in [-0.25, -0.2) is 8.42 Å². The molecule has 1 aromatic heterocycles. The third kappa shape index (κ3) is 3.59. The van der Waals surface area contributed by atoms with E-state index in [1.54, 1.807) is 24.3 Å². The van der Waals surface area contributed by atoms with E-state index in [4.69, 9.17) is 18.0 Å². The second-order valence-corrected chi connectivity index (χ2v) is 6.64. The first kappa shape index (κ1) is 15.5. The molecule has 0 fully saturated rings. The molecule has 0 saturated heterocycles. The molecule has 21 heavy (non-hydrogen) atoms. The zero-order valence-electron chi connectivity index (χ0n) is 11.5. The summed E-state index contributed by atoms with van der Waals surface area (Å²) in [6.07, 6.45) is 3.31. The zero-order chi connectivity index (χ0) is 15.5. The van der Waals surface area contributed by atoms with Gasteiger partial charge >= 0.3 is 0 Å². The minimum atomic E-state index is -3.71. The smallest absolute Gasteiger partial charge is 0.263 e. The van der Waals surface area contributed by atoms with Crippen molar-refractivity contribution in [1.29, 1.82) is 0 Å². The van der Waals surface area contributed by atoms with E-state index in [0.29, 0.717) is 5.56 Å². The molecule has 1 aromatic carbocycles. The van der Waals surface area contributed by atoms with Gasteiger partial charge in [0.25, 0.3) is 10.0 Å². The predicted molar refractivity (Wildman–Crippen MR) is 85.7 cm³/mol. The number of nitrogens with zero attached hydrogens (tertiary/aromatic N) is 1. The van der Waals surface area contributed by atoms with Crippen molar-refractivity contribution >= 4 is 33.0 Å². The van der Waals surface area contributed by atoms with Crippen molar-refractivity contribution in [2.24, 2.45) is 5.73 Å². The SMILES string of the molecule is CCCc1ccc(S(=O)(=O)Nc2[nH]ncc2C(N)=S)cc1. The average molecular weight is 324 g/mol. The van der Waals surface area contributed by atoms with E-state index < -0.39 is 10.0 Å². The molecule has 0 aliphatic carbocycles. The Kier molecular flexibility index (Phi) is 4.59. The molecule has 0 spiro atoms. The van der Waals surface area contributed by atoms with E-state index in [1.807, 2.05) is 0 Å². The van der Waals surface area contributed by atoms with Crippen LogP contribution in [0.15, 0.2) is 35.4 Å². The molecule has 0 unspecified atom stereocenters. The van der Waals surface area contributed by atoms with E-state index in [9.17, 15) is 8.42 Å². The summed E-state index contributed by atoms with van der Waals surface area (Å²) >= 11 is 4.84. The van der Waals surface area contributed by atoms with Gasteiger partial charge in [-0.3, -0.25) is 9.82 Å². The maximum Gasteiger partial charge on any atom is 0.263 e. The van der Waals surface area contributed by atoms with E-state index in [0.717, 1.165) is 18.4 Å². The standard InChI is InChI=1S/C13H16N4O2S2/c1-2-3-9-4-6-10(7-5-9)21(18,19)17-13-11(12(14)20)8-15-16-13/h4-8H,2-3H2,1H3,(H2,14,20)(H2,15,16,17). The molecule has 0 aliphatic rings. The van der Waals surface area contributed by atoms with Gasteiger partial charge in [0.2, 0.25) is 0 Å². The molecular formula is C13H16N4O2S2. The Hall–Kier alpha value is -1.93. The van der Waals surface area contributed by atoms with Crippen LogP contribution >= 0.6 is 12.2 Å². The Bertz CT molecular complexity index is 736. The zero-order valence-corrected chi connectivity index (χ0v) is 13.1. The molecule has 0 bridgehead atoms.